The summed E-state index contributed by atoms with van der Waals surface area (Å²) >= 11 is 0. The fourth-order valence-corrected chi connectivity index (χ4v) is 4.63. The van der Waals surface area contributed by atoms with Gasteiger partial charge in [0.1, 0.15) is 6.10 Å². The van der Waals surface area contributed by atoms with E-state index in [2.05, 4.69) is 33.0 Å². The molecule has 0 radical (unpaired) electrons. The Hall–Kier alpha value is -0.400. The topological polar surface area (TPSA) is 126 Å². The Kier molecular flexibility index (Phi) is 45.3. The Morgan fingerprint density at radius 3 is 1.63 bits per heavy atom. The maximum Gasteiger partial charge on any atom is 0.104 e. The summed E-state index contributed by atoms with van der Waals surface area (Å²) in [7, 11) is 1.67. The van der Waals surface area contributed by atoms with Gasteiger partial charge in [-0.2, -0.15) is 0 Å². The molecule has 49 heavy (non-hydrogen) atoms. The Morgan fingerprint density at radius 2 is 1.10 bits per heavy atom. The van der Waals surface area contributed by atoms with Gasteiger partial charge in [-0.05, 0) is 33.1 Å². The van der Waals surface area contributed by atoms with Crippen LogP contribution in [-0.4, -0.2) is 122 Å². The lowest BCUT2D eigenvalue weighted by atomic mass is 10.0. The normalized spacial score (nSPS) is 15.6. The third kappa shape index (κ3) is 49.8. The molecule has 4 unspecified atom stereocenters. The second kappa shape index (κ2) is 43.8. The van der Waals surface area contributed by atoms with E-state index in [0.29, 0.717) is 58.9 Å². The molecule has 1 aliphatic heterocycles. The zero-order valence-corrected chi connectivity index (χ0v) is 33.2. The van der Waals surface area contributed by atoms with Gasteiger partial charge >= 0.3 is 0 Å². The minimum Gasteiger partial charge on any atom is -0.389 e. The van der Waals surface area contributed by atoms with Crippen LogP contribution in [0.15, 0.2) is 0 Å². The average Bonchev–Trinajstić information content (AvgIpc) is 3.92. The van der Waals surface area contributed by atoms with Crippen LogP contribution < -0.4 is 11.1 Å². The minimum atomic E-state index is -0.460. The first-order valence-electron chi connectivity index (χ1n) is 20.1. The van der Waals surface area contributed by atoms with Crippen LogP contribution in [0.1, 0.15) is 137 Å². The molecule has 0 spiro atoms. The highest BCUT2D eigenvalue weighted by atomic mass is 16.6. The van der Waals surface area contributed by atoms with E-state index in [4.69, 9.17) is 38.9 Å². The minimum absolute atomic E-state index is 0.126. The molecule has 4 N–H and O–H groups in total. The van der Waals surface area contributed by atoms with Gasteiger partial charge in [-0.3, -0.25) is 0 Å². The summed E-state index contributed by atoms with van der Waals surface area (Å²) in [6.07, 6.45) is 21.3. The molecular weight excluding hydrogens is 624 g/mol. The van der Waals surface area contributed by atoms with Gasteiger partial charge < -0.3 is 49.3 Å². The first-order chi connectivity index (χ1) is 23.9. The van der Waals surface area contributed by atoms with Crippen molar-refractivity contribution in [3.63, 3.8) is 0 Å². The summed E-state index contributed by atoms with van der Waals surface area (Å²) in [4.78, 5) is 0. The van der Waals surface area contributed by atoms with Gasteiger partial charge in [-0.25, -0.2) is 0 Å². The third-order valence-corrected chi connectivity index (χ3v) is 7.61. The van der Waals surface area contributed by atoms with Crippen molar-refractivity contribution in [3.05, 3.63) is 0 Å². The average molecular weight is 709 g/mol. The van der Waals surface area contributed by atoms with Crippen molar-refractivity contribution in [1.29, 1.82) is 0 Å². The Balaban J connectivity index is 0. The SMILES string of the molecule is CCCCCCCCCCCCCCCCOCC(O)CNC(C)COCCOC.CCCOCC1CO1.CCCOCCOCC(C)N. The molecule has 298 valence electrons. The summed E-state index contributed by atoms with van der Waals surface area (Å²) < 4.78 is 36.5. The van der Waals surface area contributed by atoms with E-state index in [-0.39, 0.29) is 12.1 Å². The number of aliphatic hydroxyl groups excluding tert-OH is 1. The van der Waals surface area contributed by atoms with E-state index in [1.54, 1.807) is 7.11 Å². The molecule has 0 bridgehead atoms. The van der Waals surface area contributed by atoms with Crippen molar-refractivity contribution in [3.8, 4) is 0 Å². The molecule has 0 aromatic heterocycles. The first-order valence-corrected chi connectivity index (χ1v) is 20.1. The van der Waals surface area contributed by atoms with Gasteiger partial charge in [-0.15, -0.1) is 0 Å². The molecule has 1 aliphatic rings. The van der Waals surface area contributed by atoms with Crippen LogP contribution in [0, 0.1) is 0 Å². The second-order valence-electron chi connectivity index (χ2n) is 13.4. The number of ether oxygens (including phenoxy) is 7. The summed E-state index contributed by atoms with van der Waals surface area (Å²) in [6, 6.07) is 0.337. The predicted molar refractivity (Wildman–Crippen MR) is 204 cm³/mol. The molecule has 10 heteroatoms. The highest BCUT2D eigenvalue weighted by molar-refractivity contribution is 4.67. The van der Waals surface area contributed by atoms with E-state index in [0.717, 1.165) is 52.3 Å². The molecule has 10 nitrogen and oxygen atoms in total. The zero-order chi connectivity index (χ0) is 36.5. The highest BCUT2D eigenvalue weighted by Crippen LogP contribution is 2.13. The van der Waals surface area contributed by atoms with E-state index >= 15 is 0 Å². The number of hydrogen-bond donors (Lipinski definition) is 3. The van der Waals surface area contributed by atoms with E-state index in [1.165, 1.54) is 83.5 Å². The summed E-state index contributed by atoms with van der Waals surface area (Å²) in [5, 5.41) is 13.2. The summed E-state index contributed by atoms with van der Waals surface area (Å²) in [6.45, 7) is 19.3. The van der Waals surface area contributed by atoms with Gasteiger partial charge in [-0.1, -0.05) is 104 Å². The number of methoxy groups -OCH3 is 1. The quantitative estimate of drug-likeness (QED) is 0.0460. The maximum atomic E-state index is 9.97. The van der Waals surface area contributed by atoms with Crippen LogP contribution in [0.25, 0.3) is 0 Å². The number of epoxide rings is 1. The number of rotatable bonds is 36. The lowest BCUT2D eigenvalue weighted by Gasteiger charge is -2.17. The standard InChI is InChI=1S/C25H53NO4.C8H19NO2.C6H12O2/c1-4-5-6-7-8-9-10-11-12-13-14-15-16-17-18-29-23-25(27)21-26-24(2)22-30-20-19-28-3;1-3-4-10-5-6-11-7-8(2)9;1-2-3-7-4-6-5-8-6/h24-27H,4-23H2,1-3H3;8H,3-7,9H2,1-2H3;6H,2-5H2,1H3. The summed E-state index contributed by atoms with van der Waals surface area (Å²) in [5.74, 6) is 0. The van der Waals surface area contributed by atoms with Gasteiger partial charge in [0.2, 0.25) is 0 Å². The third-order valence-electron chi connectivity index (χ3n) is 7.61. The lowest BCUT2D eigenvalue weighted by molar-refractivity contribution is 0.0289. The smallest absolute Gasteiger partial charge is 0.104 e. The molecule has 1 rings (SSSR count). The molecule has 0 aliphatic carbocycles. The maximum absolute atomic E-state index is 9.97. The predicted octanol–water partition coefficient (Wildman–Crippen LogP) is 7.07. The molecule has 0 amide bonds. The van der Waals surface area contributed by atoms with Crippen molar-refractivity contribution in [2.24, 2.45) is 5.73 Å². The fourth-order valence-electron chi connectivity index (χ4n) is 4.63. The Labute approximate surface area is 303 Å². The van der Waals surface area contributed by atoms with E-state index < -0.39 is 6.10 Å². The largest absolute Gasteiger partial charge is 0.389 e. The highest BCUT2D eigenvalue weighted by Gasteiger charge is 2.21. The number of aliphatic hydroxyl groups is 1. The molecule has 0 aromatic rings. The molecular formula is C39H84N2O8. The van der Waals surface area contributed by atoms with Crippen LogP contribution >= 0.6 is 0 Å². The summed E-state index contributed by atoms with van der Waals surface area (Å²) in [5.41, 5.74) is 5.47. The van der Waals surface area contributed by atoms with Crippen molar-refractivity contribution in [2.75, 3.05) is 92.9 Å². The van der Waals surface area contributed by atoms with Crippen LogP contribution in [0.4, 0.5) is 0 Å². The van der Waals surface area contributed by atoms with Gasteiger partial charge in [0.05, 0.1) is 65.6 Å². The van der Waals surface area contributed by atoms with Crippen LogP contribution in [-0.2, 0) is 33.2 Å². The van der Waals surface area contributed by atoms with E-state index in [9.17, 15) is 5.11 Å². The monoisotopic (exact) mass is 709 g/mol. The number of nitrogens with two attached hydrogens (primary N) is 1. The molecule has 0 aromatic carbocycles. The van der Waals surface area contributed by atoms with E-state index in [1.807, 2.05) is 6.92 Å². The Morgan fingerprint density at radius 1 is 0.612 bits per heavy atom. The van der Waals surface area contributed by atoms with Crippen LogP contribution in [0.2, 0.25) is 0 Å². The van der Waals surface area contributed by atoms with Crippen molar-refractivity contribution in [1.82, 2.24) is 5.32 Å². The first kappa shape index (κ1) is 50.7. The second-order valence-corrected chi connectivity index (χ2v) is 13.4. The molecule has 1 heterocycles. The van der Waals surface area contributed by atoms with Gasteiger partial charge in [0, 0.05) is 45.6 Å². The van der Waals surface area contributed by atoms with Gasteiger partial charge in [0.25, 0.3) is 0 Å². The van der Waals surface area contributed by atoms with Gasteiger partial charge in [0.15, 0.2) is 0 Å². The Bertz CT molecular complexity index is 587. The number of unbranched alkanes of at least 4 members (excludes halogenated alkanes) is 13. The number of nitrogens with one attached hydrogen (secondary N) is 1. The molecule has 0 saturated carbocycles. The zero-order valence-electron chi connectivity index (χ0n) is 33.2. The van der Waals surface area contributed by atoms with Crippen molar-refractivity contribution < 1.29 is 38.3 Å². The molecule has 4 atom stereocenters. The van der Waals surface area contributed by atoms with Crippen LogP contribution in [0.3, 0.4) is 0 Å². The fraction of sp³-hybridized carbons (Fsp3) is 1.00. The number of hydrogen-bond acceptors (Lipinski definition) is 10. The van der Waals surface area contributed by atoms with Crippen molar-refractivity contribution in [2.45, 2.75) is 162 Å². The molecule has 1 fully saturated rings. The van der Waals surface area contributed by atoms with Crippen molar-refractivity contribution >= 4 is 0 Å². The lowest BCUT2D eigenvalue weighted by Crippen LogP contribution is -2.38. The molecule has 1 saturated heterocycles. The van der Waals surface area contributed by atoms with Crippen LogP contribution in [0.5, 0.6) is 0 Å².